The Labute approximate surface area is 147 Å². The number of fused-ring (bicyclic) bond motifs is 1. The monoisotopic (exact) mass is 350 g/mol. The summed E-state index contributed by atoms with van der Waals surface area (Å²) in [7, 11) is 0. The van der Waals surface area contributed by atoms with Gasteiger partial charge in [-0.05, 0) is 25.7 Å². The Hall–Kier alpha value is -1.93. The highest BCUT2D eigenvalue weighted by atomic mass is 16.5. The number of imidazole rings is 1. The lowest BCUT2D eigenvalue weighted by Gasteiger charge is -2.32. The van der Waals surface area contributed by atoms with E-state index in [0.29, 0.717) is 57.9 Å². The van der Waals surface area contributed by atoms with Crippen molar-refractivity contribution in [2.75, 3.05) is 39.5 Å². The molecule has 1 unspecified atom stereocenters. The molecule has 25 heavy (non-hydrogen) atoms. The molecular weight excluding hydrogens is 324 g/mol. The lowest BCUT2D eigenvalue weighted by Crippen LogP contribution is -2.45. The van der Waals surface area contributed by atoms with Crippen molar-refractivity contribution in [1.82, 2.24) is 19.8 Å². The molecule has 2 amide bonds. The van der Waals surface area contributed by atoms with E-state index < -0.39 is 0 Å². The third kappa shape index (κ3) is 4.19. The van der Waals surface area contributed by atoms with Crippen molar-refractivity contribution in [1.29, 1.82) is 0 Å². The number of morpholine rings is 1. The zero-order valence-corrected chi connectivity index (χ0v) is 14.4. The van der Waals surface area contributed by atoms with Gasteiger partial charge in [-0.3, -0.25) is 9.59 Å². The number of aliphatic hydroxyl groups excluding tert-OH is 1. The molecule has 138 valence electrons. The molecule has 1 saturated heterocycles. The zero-order valence-electron chi connectivity index (χ0n) is 14.4. The number of carbonyl (C=O) groups excluding carboxylic acids is 2. The Balaban J connectivity index is 1.58. The van der Waals surface area contributed by atoms with Crippen molar-refractivity contribution < 1.29 is 19.4 Å². The van der Waals surface area contributed by atoms with Crippen LogP contribution >= 0.6 is 0 Å². The fraction of sp³-hybridized carbons (Fsp3) is 0.706. The van der Waals surface area contributed by atoms with Crippen LogP contribution in [0.3, 0.4) is 0 Å². The van der Waals surface area contributed by atoms with Gasteiger partial charge in [-0.25, -0.2) is 4.98 Å². The first kappa shape index (κ1) is 17.9. The van der Waals surface area contributed by atoms with Gasteiger partial charge in [0.1, 0.15) is 5.69 Å². The first-order valence-electron chi connectivity index (χ1n) is 9.00. The molecule has 0 aromatic carbocycles. The number of amides is 2. The molecule has 0 saturated carbocycles. The molecule has 1 aromatic heterocycles. The minimum absolute atomic E-state index is 0.0553. The number of nitrogens with zero attached hydrogens (tertiary/aromatic N) is 3. The maximum Gasteiger partial charge on any atom is 0.271 e. The van der Waals surface area contributed by atoms with Crippen molar-refractivity contribution in [3.05, 3.63) is 17.7 Å². The van der Waals surface area contributed by atoms with E-state index in [1.54, 1.807) is 6.33 Å². The average Bonchev–Trinajstić information content (AvgIpc) is 3.08. The van der Waals surface area contributed by atoms with E-state index >= 15 is 0 Å². The fourth-order valence-electron chi connectivity index (χ4n) is 3.42. The molecule has 1 atom stereocenters. The van der Waals surface area contributed by atoms with Crippen LogP contribution < -0.4 is 5.32 Å². The summed E-state index contributed by atoms with van der Waals surface area (Å²) in [5.41, 5.74) is 1.37. The number of nitrogens with one attached hydrogen (secondary N) is 1. The number of rotatable bonds is 6. The molecule has 2 aliphatic rings. The van der Waals surface area contributed by atoms with Crippen LogP contribution in [-0.2, 0) is 22.5 Å². The second kappa shape index (κ2) is 8.44. The summed E-state index contributed by atoms with van der Waals surface area (Å²) >= 11 is 0. The standard InChI is InChI=1S/C17H26N4O4/c22-8-2-1-5-18-16(23)15-14-4-3-13(11-21(14)12-19-15)17(24)20-6-9-25-10-7-20/h12-13,22H,1-11H2,(H,18,23). The number of unbranched alkanes of at least 4 members (excludes halogenated alkanes) is 1. The van der Waals surface area contributed by atoms with E-state index in [2.05, 4.69) is 10.3 Å². The molecule has 2 aliphatic heterocycles. The van der Waals surface area contributed by atoms with Crippen molar-refractivity contribution in [3.8, 4) is 0 Å². The minimum Gasteiger partial charge on any atom is -0.396 e. The molecule has 0 aliphatic carbocycles. The van der Waals surface area contributed by atoms with E-state index in [-0.39, 0.29) is 24.3 Å². The van der Waals surface area contributed by atoms with Crippen LogP contribution in [0, 0.1) is 5.92 Å². The molecule has 2 N–H and O–H groups in total. The predicted octanol–water partition coefficient (Wildman–Crippen LogP) is -0.193. The third-order valence-corrected chi connectivity index (χ3v) is 4.85. The maximum atomic E-state index is 12.6. The highest BCUT2D eigenvalue weighted by Crippen LogP contribution is 2.24. The van der Waals surface area contributed by atoms with Crippen molar-refractivity contribution >= 4 is 11.8 Å². The maximum absolute atomic E-state index is 12.6. The second-order valence-corrected chi connectivity index (χ2v) is 6.55. The van der Waals surface area contributed by atoms with Gasteiger partial charge >= 0.3 is 0 Å². The Bertz CT molecular complexity index is 610. The number of aromatic nitrogens is 2. The van der Waals surface area contributed by atoms with Gasteiger partial charge < -0.3 is 24.6 Å². The topological polar surface area (TPSA) is 96.7 Å². The summed E-state index contributed by atoms with van der Waals surface area (Å²) in [6.07, 6.45) is 4.50. The molecule has 1 fully saturated rings. The Morgan fingerprint density at radius 1 is 1.32 bits per heavy atom. The van der Waals surface area contributed by atoms with Gasteiger partial charge in [0.15, 0.2) is 0 Å². The van der Waals surface area contributed by atoms with E-state index in [4.69, 9.17) is 9.84 Å². The van der Waals surface area contributed by atoms with E-state index in [9.17, 15) is 9.59 Å². The van der Waals surface area contributed by atoms with Crippen molar-refractivity contribution in [2.24, 2.45) is 5.92 Å². The number of aliphatic hydroxyl groups is 1. The SMILES string of the molecule is O=C(NCCCCO)c1ncn2c1CCC(C(=O)N1CCOCC1)C2. The number of hydrogen-bond donors (Lipinski definition) is 2. The summed E-state index contributed by atoms with van der Waals surface area (Å²) in [6, 6.07) is 0. The molecule has 0 spiro atoms. The third-order valence-electron chi connectivity index (χ3n) is 4.85. The van der Waals surface area contributed by atoms with Crippen molar-refractivity contribution in [2.45, 2.75) is 32.2 Å². The van der Waals surface area contributed by atoms with Crippen LogP contribution in [0.2, 0.25) is 0 Å². The summed E-state index contributed by atoms with van der Waals surface area (Å²) in [5.74, 6) is -0.0532. The van der Waals surface area contributed by atoms with E-state index in [1.165, 1.54) is 0 Å². The minimum atomic E-state index is -0.176. The molecule has 3 heterocycles. The molecule has 8 heteroatoms. The van der Waals surface area contributed by atoms with Gasteiger partial charge in [0.2, 0.25) is 5.91 Å². The molecule has 0 radical (unpaired) electrons. The number of ether oxygens (including phenoxy) is 1. The normalized spacial score (nSPS) is 20.2. The van der Waals surface area contributed by atoms with Crippen LogP contribution in [0.5, 0.6) is 0 Å². The Morgan fingerprint density at radius 3 is 2.88 bits per heavy atom. The first-order chi connectivity index (χ1) is 12.2. The van der Waals surface area contributed by atoms with Gasteiger partial charge in [0.05, 0.1) is 31.2 Å². The van der Waals surface area contributed by atoms with Crippen LogP contribution in [0.1, 0.15) is 35.4 Å². The molecule has 3 rings (SSSR count). The Morgan fingerprint density at radius 2 is 2.12 bits per heavy atom. The quantitative estimate of drug-likeness (QED) is 0.693. The second-order valence-electron chi connectivity index (χ2n) is 6.55. The lowest BCUT2D eigenvalue weighted by molar-refractivity contribution is -0.140. The van der Waals surface area contributed by atoms with Crippen LogP contribution in [-0.4, -0.2) is 70.8 Å². The highest BCUT2D eigenvalue weighted by molar-refractivity contribution is 5.93. The predicted molar refractivity (Wildman–Crippen MR) is 90.1 cm³/mol. The summed E-state index contributed by atoms with van der Waals surface area (Å²) in [6.45, 7) is 3.78. The molecule has 8 nitrogen and oxygen atoms in total. The number of carbonyl (C=O) groups is 2. The van der Waals surface area contributed by atoms with Crippen molar-refractivity contribution in [3.63, 3.8) is 0 Å². The summed E-state index contributed by atoms with van der Waals surface area (Å²) in [4.78, 5) is 31.0. The smallest absolute Gasteiger partial charge is 0.271 e. The summed E-state index contributed by atoms with van der Waals surface area (Å²) in [5, 5.41) is 11.6. The van der Waals surface area contributed by atoms with Gasteiger partial charge in [-0.15, -0.1) is 0 Å². The molecule has 0 bridgehead atoms. The first-order valence-corrected chi connectivity index (χ1v) is 9.00. The summed E-state index contributed by atoms with van der Waals surface area (Å²) < 4.78 is 7.24. The number of hydrogen-bond acceptors (Lipinski definition) is 5. The van der Waals surface area contributed by atoms with Gasteiger partial charge in [0.25, 0.3) is 5.91 Å². The molecule has 1 aromatic rings. The average molecular weight is 350 g/mol. The largest absolute Gasteiger partial charge is 0.396 e. The van der Waals surface area contributed by atoms with Gasteiger partial charge in [0, 0.05) is 32.8 Å². The van der Waals surface area contributed by atoms with Crippen LogP contribution in [0.15, 0.2) is 6.33 Å². The zero-order chi connectivity index (χ0) is 17.6. The molecular formula is C17H26N4O4. The van der Waals surface area contributed by atoms with Gasteiger partial charge in [-0.2, -0.15) is 0 Å². The van der Waals surface area contributed by atoms with Gasteiger partial charge in [-0.1, -0.05) is 0 Å². The fourth-order valence-corrected chi connectivity index (χ4v) is 3.42. The van der Waals surface area contributed by atoms with Crippen LogP contribution in [0.4, 0.5) is 0 Å². The van der Waals surface area contributed by atoms with E-state index in [1.807, 2.05) is 9.47 Å². The van der Waals surface area contributed by atoms with E-state index in [0.717, 1.165) is 18.5 Å². The highest BCUT2D eigenvalue weighted by Gasteiger charge is 2.31. The Kier molecular flexibility index (Phi) is 6.04. The van der Waals surface area contributed by atoms with Crippen LogP contribution in [0.25, 0.3) is 0 Å². The lowest BCUT2D eigenvalue weighted by atomic mass is 9.95.